The number of amides is 3. The Morgan fingerprint density at radius 2 is 2.07 bits per heavy atom. The smallest absolute Gasteiger partial charge is 0.336 e. The van der Waals surface area contributed by atoms with Crippen LogP contribution in [0.5, 0.6) is 0 Å². The summed E-state index contributed by atoms with van der Waals surface area (Å²) in [6.45, 7) is 0. The quantitative estimate of drug-likeness (QED) is 0.402. The van der Waals surface area contributed by atoms with Crippen LogP contribution in [0, 0.1) is 0 Å². The normalized spacial score (nSPS) is 23.7. The molecule has 27 heavy (non-hydrogen) atoms. The Morgan fingerprint density at radius 3 is 2.96 bits per heavy atom. The number of carbonyl (C=O) groups excluding carboxylic acids is 2. The van der Waals surface area contributed by atoms with Gasteiger partial charge < -0.3 is 20.4 Å². The molecular weight excluding hydrogens is 366 g/mol. The van der Waals surface area contributed by atoms with E-state index in [0.717, 1.165) is 30.4 Å². The Hall–Kier alpha value is -2.48. The molecule has 3 N–H and O–H groups in total. The second-order valence-corrected chi connectivity index (χ2v) is 8.20. The number of urea groups is 1. The number of nitrogens with one attached hydrogen (secondary N) is 3. The van der Waals surface area contributed by atoms with E-state index < -0.39 is 0 Å². The lowest BCUT2D eigenvalue weighted by molar-refractivity contribution is -0.116. The average Bonchev–Trinajstić information content (AvgIpc) is 3.18. The molecule has 1 aromatic carbocycles. The molecule has 1 aromatic heterocycles. The molecule has 0 bridgehead atoms. The van der Waals surface area contributed by atoms with E-state index in [1.165, 1.54) is 6.07 Å². The van der Waals surface area contributed by atoms with Crippen LogP contribution in [0.1, 0.15) is 25.7 Å². The molecule has 3 atom stereocenters. The third-order valence-corrected chi connectivity index (χ3v) is 6.49. The molecule has 0 spiro atoms. The van der Waals surface area contributed by atoms with Crippen molar-refractivity contribution in [3.8, 4) is 0 Å². The van der Waals surface area contributed by atoms with E-state index in [4.69, 9.17) is 4.42 Å². The van der Waals surface area contributed by atoms with Crippen LogP contribution in [0.4, 0.5) is 10.5 Å². The van der Waals surface area contributed by atoms with Crippen molar-refractivity contribution in [3.05, 3.63) is 40.8 Å². The molecule has 2 aliphatic heterocycles. The number of carbonyl (C=O) groups is 2. The van der Waals surface area contributed by atoms with E-state index in [1.54, 1.807) is 24.3 Å². The molecule has 4 rings (SSSR count). The summed E-state index contributed by atoms with van der Waals surface area (Å²) < 4.78 is 5.09. The lowest BCUT2D eigenvalue weighted by atomic mass is 10.0. The van der Waals surface area contributed by atoms with Crippen molar-refractivity contribution in [2.75, 3.05) is 11.1 Å². The van der Waals surface area contributed by atoms with Gasteiger partial charge in [0.2, 0.25) is 5.91 Å². The van der Waals surface area contributed by atoms with Gasteiger partial charge in [0.1, 0.15) is 5.58 Å². The molecule has 2 aromatic rings. The second-order valence-electron chi connectivity index (χ2n) is 6.92. The zero-order chi connectivity index (χ0) is 18.8. The maximum atomic E-state index is 12.2. The van der Waals surface area contributed by atoms with Gasteiger partial charge in [-0.1, -0.05) is 6.42 Å². The first kappa shape index (κ1) is 17.9. The topological polar surface area (TPSA) is 100 Å². The van der Waals surface area contributed by atoms with E-state index in [0.29, 0.717) is 22.9 Å². The maximum absolute atomic E-state index is 12.2. The van der Waals surface area contributed by atoms with Gasteiger partial charge in [-0.3, -0.25) is 4.79 Å². The summed E-state index contributed by atoms with van der Waals surface area (Å²) in [7, 11) is 0. The molecule has 2 saturated heterocycles. The zero-order valence-corrected chi connectivity index (χ0v) is 15.5. The molecular formula is C19H21N3O4S. The second kappa shape index (κ2) is 7.64. The summed E-state index contributed by atoms with van der Waals surface area (Å²) in [4.78, 5) is 34.8. The number of fused-ring (bicyclic) bond motifs is 2. The van der Waals surface area contributed by atoms with E-state index in [-0.39, 0.29) is 29.6 Å². The van der Waals surface area contributed by atoms with Gasteiger partial charge in [0.05, 0.1) is 12.1 Å². The van der Waals surface area contributed by atoms with Crippen molar-refractivity contribution >= 4 is 40.4 Å². The molecule has 2 fully saturated rings. The minimum Gasteiger partial charge on any atom is -0.423 e. The van der Waals surface area contributed by atoms with Gasteiger partial charge >= 0.3 is 11.7 Å². The minimum atomic E-state index is -0.390. The standard InChI is InChI=1S/C19H21N3O4S/c23-16(20-12-6-7-14-11(9-12)5-8-17(24)26-14)4-2-1-3-15-18-13(10-27-15)21-19(25)22-18/h5-9,13,15,18H,1-4,10H2,(H,20,23)(H2,21,22,25). The fourth-order valence-electron chi connectivity index (χ4n) is 3.65. The molecule has 0 saturated carbocycles. The highest BCUT2D eigenvalue weighted by molar-refractivity contribution is 8.00. The molecule has 3 amide bonds. The first-order chi connectivity index (χ1) is 13.1. The monoisotopic (exact) mass is 387 g/mol. The molecule has 0 radical (unpaired) electrons. The summed E-state index contributed by atoms with van der Waals surface area (Å²) in [5, 5.41) is 10.0. The number of unbranched alkanes of at least 4 members (excludes halogenated alkanes) is 1. The number of thioether (sulfide) groups is 1. The summed E-state index contributed by atoms with van der Waals surface area (Å²) in [5.74, 6) is 0.927. The number of hydrogen-bond donors (Lipinski definition) is 3. The highest BCUT2D eigenvalue weighted by Gasteiger charge is 2.42. The van der Waals surface area contributed by atoms with Crippen LogP contribution in [-0.2, 0) is 4.79 Å². The van der Waals surface area contributed by atoms with E-state index >= 15 is 0 Å². The van der Waals surface area contributed by atoms with Crippen LogP contribution in [0.3, 0.4) is 0 Å². The van der Waals surface area contributed by atoms with Crippen LogP contribution in [0.2, 0.25) is 0 Å². The predicted octanol–water partition coefficient (Wildman–Crippen LogP) is 2.46. The number of hydrogen-bond acceptors (Lipinski definition) is 5. The molecule has 0 aliphatic carbocycles. The Morgan fingerprint density at radius 1 is 1.19 bits per heavy atom. The van der Waals surface area contributed by atoms with Crippen LogP contribution in [-0.4, -0.2) is 35.0 Å². The lowest BCUT2D eigenvalue weighted by Gasteiger charge is -2.16. The molecule has 8 heteroatoms. The Bertz CT molecular complexity index is 929. The molecule has 3 heterocycles. The van der Waals surface area contributed by atoms with Gasteiger partial charge in [-0.05, 0) is 37.1 Å². The third-order valence-electron chi connectivity index (χ3n) is 4.98. The summed E-state index contributed by atoms with van der Waals surface area (Å²) >= 11 is 1.89. The zero-order valence-electron chi connectivity index (χ0n) is 14.7. The van der Waals surface area contributed by atoms with Crippen molar-refractivity contribution in [1.82, 2.24) is 10.6 Å². The van der Waals surface area contributed by atoms with E-state index in [2.05, 4.69) is 16.0 Å². The highest BCUT2D eigenvalue weighted by atomic mass is 32.2. The molecule has 7 nitrogen and oxygen atoms in total. The van der Waals surface area contributed by atoms with Gasteiger partial charge in [0.15, 0.2) is 0 Å². The molecule has 2 aliphatic rings. The average molecular weight is 387 g/mol. The Balaban J connectivity index is 1.22. The van der Waals surface area contributed by atoms with Crippen molar-refractivity contribution < 1.29 is 14.0 Å². The van der Waals surface area contributed by atoms with Crippen molar-refractivity contribution in [2.24, 2.45) is 0 Å². The van der Waals surface area contributed by atoms with Crippen molar-refractivity contribution in [3.63, 3.8) is 0 Å². The predicted molar refractivity (Wildman–Crippen MR) is 105 cm³/mol. The highest BCUT2D eigenvalue weighted by Crippen LogP contribution is 2.33. The number of rotatable bonds is 6. The summed E-state index contributed by atoms with van der Waals surface area (Å²) in [6, 6.07) is 8.65. The van der Waals surface area contributed by atoms with Gasteiger partial charge in [-0.25, -0.2) is 9.59 Å². The van der Waals surface area contributed by atoms with Crippen molar-refractivity contribution in [2.45, 2.75) is 43.0 Å². The fourth-order valence-corrected chi connectivity index (χ4v) is 5.19. The minimum absolute atomic E-state index is 0.0282. The van der Waals surface area contributed by atoms with Gasteiger partial charge in [0.25, 0.3) is 0 Å². The van der Waals surface area contributed by atoms with Gasteiger partial charge in [0, 0.05) is 34.6 Å². The van der Waals surface area contributed by atoms with Crippen LogP contribution >= 0.6 is 11.8 Å². The van der Waals surface area contributed by atoms with Gasteiger partial charge in [-0.15, -0.1) is 0 Å². The van der Waals surface area contributed by atoms with Gasteiger partial charge in [-0.2, -0.15) is 11.8 Å². The largest absolute Gasteiger partial charge is 0.423 e. The first-order valence-electron chi connectivity index (χ1n) is 9.11. The summed E-state index contributed by atoms with van der Waals surface area (Å²) in [6.07, 6.45) is 3.21. The van der Waals surface area contributed by atoms with E-state index in [9.17, 15) is 14.4 Å². The summed E-state index contributed by atoms with van der Waals surface area (Å²) in [5.41, 5.74) is 0.802. The first-order valence-corrected chi connectivity index (χ1v) is 10.2. The Labute approximate surface area is 160 Å². The SMILES string of the molecule is O=C(CCCCC1SCC2NC(=O)NC21)Nc1ccc2oc(=O)ccc2c1. The lowest BCUT2D eigenvalue weighted by Crippen LogP contribution is -2.36. The van der Waals surface area contributed by atoms with Crippen LogP contribution in [0.25, 0.3) is 11.0 Å². The van der Waals surface area contributed by atoms with Crippen LogP contribution < -0.4 is 21.6 Å². The fraction of sp³-hybridized carbons (Fsp3) is 0.421. The van der Waals surface area contributed by atoms with Crippen LogP contribution in [0.15, 0.2) is 39.5 Å². The third kappa shape index (κ3) is 4.10. The molecule has 142 valence electrons. The number of anilines is 1. The van der Waals surface area contributed by atoms with Crippen molar-refractivity contribution in [1.29, 1.82) is 0 Å². The maximum Gasteiger partial charge on any atom is 0.336 e. The van der Waals surface area contributed by atoms with E-state index in [1.807, 2.05) is 11.8 Å². The Kier molecular flexibility index (Phi) is 5.07. The molecule has 3 unspecified atom stereocenters. The number of benzene rings is 1.